The molecular formula is C59H45N. The van der Waals surface area contributed by atoms with Crippen LogP contribution in [0.5, 0.6) is 0 Å². The number of hydrogen-bond donors (Lipinski definition) is 0. The highest BCUT2D eigenvalue weighted by Crippen LogP contribution is 2.52. The second kappa shape index (κ2) is 14.6. The van der Waals surface area contributed by atoms with Gasteiger partial charge in [0.25, 0.3) is 0 Å². The summed E-state index contributed by atoms with van der Waals surface area (Å²) in [4.78, 5) is 2.51. The molecule has 0 bridgehead atoms. The molecule has 0 spiro atoms. The maximum absolute atomic E-state index is 2.51. The number of hydrogen-bond acceptors (Lipinski definition) is 1. The Kier molecular flexibility index (Phi) is 8.71. The molecule has 9 aromatic carbocycles. The number of para-hydroxylation sites is 1. The van der Waals surface area contributed by atoms with E-state index < -0.39 is 0 Å². The van der Waals surface area contributed by atoms with Crippen molar-refractivity contribution in [2.45, 2.75) is 32.1 Å². The number of fused-ring (bicyclic) bond motifs is 9. The number of rotatable bonds is 5. The fraction of sp³-hybridized carbons (Fsp3) is 0.0847. The van der Waals surface area contributed by atoms with Crippen molar-refractivity contribution in [2.75, 3.05) is 4.90 Å². The lowest BCUT2D eigenvalue weighted by Crippen LogP contribution is -2.17. The lowest BCUT2D eigenvalue weighted by molar-refractivity contribution is 0.660. The minimum atomic E-state index is -0.135. The number of nitrogens with zero attached hydrogens (tertiary/aromatic N) is 1. The highest BCUT2D eigenvalue weighted by Gasteiger charge is 2.36. The highest BCUT2D eigenvalue weighted by atomic mass is 15.1. The summed E-state index contributed by atoms with van der Waals surface area (Å²) >= 11 is 0. The van der Waals surface area contributed by atoms with Gasteiger partial charge in [0.05, 0.1) is 5.69 Å². The van der Waals surface area contributed by atoms with Crippen LogP contribution in [0.1, 0.15) is 47.2 Å². The molecule has 0 aliphatic heterocycles. The lowest BCUT2D eigenvalue weighted by atomic mass is 9.82. The molecule has 1 heteroatoms. The third-order valence-electron chi connectivity index (χ3n) is 13.0. The van der Waals surface area contributed by atoms with Crippen LogP contribution in [-0.4, -0.2) is 0 Å². The van der Waals surface area contributed by atoms with E-state index in [1.807, 2.05) is 0 Å². The minimum Gasteiger partial charge on any atom is -0.310 e. The van der Waals surface area contributed by atoms with Gasteiger partial charge in [0.2, 0.25) is 0 Å². The summed E-state index contributed by atoms with van der Waals surface area (Å²) < 4.78 is 0. The zero-order chi connectivity index (χ0) is 40.2. The van der Waals surface area contributed by atoms with Crippen molar-refractivity contribution in [1.82, 2.24) is 0 Å². The summed E-state index contributed by atoms with van der Waals surface area (Å²) in [5.41, 5.74) is 24.1. The predicted molar refractivity (Wildman–Crippen MR) is 252 cm³/mol. The molecule has 2 aliphatic rings. The molecule has 0 radical (unpaired) electrons. The van der Waals surface area contributed by atoms with E-state index in [9.17, 15) is 0 Å². The van der Waals surface area contributed by atoms with E-state index in [2.05, 4.69) is 231 Å². The molecule has 0 fully saturated rings. The second-order valence-corrected chi connectivity index (χ2v) is 16.9. The molecule has 0 amide bonds. The quantitative estimate of drug-likeness (QED) is 0.169. The number of benzene rings is 9. The summed E-state index contributed by atoms with van der Waals surface area (Å²) in [5, 5.41) is 0. The van der Waals surface area contributed by atoms with Gasteiger partial charge in [-0.1, -0.05) is 190 Å². The van der Waals surface area contributed by atoms with Crippen LogP contribution in [0.4, 0.5) is 17.1 Å². The standard InChI is InChI=1S/C59H45N/c1-59(2)56-29-14-12-28-54(56)55-34-32-48(39-57(55)59)60(58-30-15-13-27-53(58)45-23-16-22-41(35-45)40-17-4-3-5-18-40)47-31-33-52-46(38-47)37-44-21-8-10-25-50(44)49-24-9-6-19-42(49)36-43-20-7-11-26-51(43)52/h3-35,38-39H,36-37H2,1-2H3. The summed E-state index contributed by atoms with van der Waals surface area (Å²) in [6.07, 6.45) is 1.68. The number of anilines is 3. The molecular weight excluding hydrogens is 723 g/mol. The molecule has 2 aliphatic carbocycles. The normalized spacial score (nSPS) is 13.2. The van der Waals surface area contributed by atoms with Crippen molar-refractivity contribution in [1.29, 1.82) is 0 Å². The molecule has 0 heterocycles. The zero-order valence-electron chi connectivity index (χ0n) is 34.1. The fourth-order valence-electron chi connectivity index (χ4n) is 10.0. The van der Waals surface area contributed by atoms with Gasteiger partial charge >= 0.3 is 0 Å². The molecule has 1 nitrogen and oxygen atoms in total. The highest BCUT2D eigenvalue weighted by molar-refractivity contribution is 5.92. The van der Waals surface area contributed by atoms with Crippen LogP contribution in [0.2, 0.25) is 0 Å². The van der Waals surface area contributed by atoms with Crippen molar-refractivity contribution in [2.24, 2.45) is 0 Å². The van der Waals surface area contributed by atoms with E-state index in [-0.39, 0.29) is 5.41 Å². The second-order valence-electron chi connectivity index (χ2n) is 16.9. The van der Waals surface area contributed by atoms with Crippen LogP contribution < -0.4 is 4.90 Å². The van der Waals surface area contributed by atoms with Gasteiger partial charge in [-0.2, -0.15) is 0 Å². The van der Waals surface area contributed by atoms with Crippen molar-refractivity contribution in [3.63, 3.8) is 0 Å². The van der Waals surface area contributed by atoms with E-state index in [0.29, 0.717) is 0 Å². The molecule has 0 saturated heterocycles. The van der Waals surface area contributed by atoms with Gasteiger partial charge in [0, 0.05) is 22.4 Å². The largest absolute Gasteiger partial charge is 0.310 e. The van der Waals surface area contributed by atoms with E-state index in [1.54, 1.807) is 0 Å². The average Bonchev–Trinajstić information content (AvgIpc) is 3.53. The van der Waals surface area contributed by atoms with Crippen molar-refractivity contribution in [3.8, 4) is 55.6 Å². The first-order valence-electron chi connectivity index (χ1n) is 21.2. The molecule has 9 aromatic rings. The minimum absolute atomic E-state index is 0.135. The summed E-state index contributed by atoms with van der Waals surface area (Å²) in [5.74, 6) is 0. The molecule has 60 heavy (non-hydrogen) atoms. The van der Waals surface area contributed by atoms with Gasteiger partial charge < -0.3 is 4.90 Å². The molecule has 0 aromatic heterocycles. The Morgan fingerprint density at radius 3 is 1.47 bits per heavy atom. The zero-order valence-corrected chi connectivity index (χ0v) is 34.1. The monoisotopic (exact) mass is 767 g/mol. The van der Waals surface area contributed by atoms with Crippen LogP contribution in [0, 0.1) is 0 Å². The van der Waals surface area contributed by atoms with Crippen molar-refractivity contribution >= 4 is 17.1 Å². The van der Waals surface area contributed by atoms with Crippen LogP contribution in [0.25, 0.3) is 55.6 Å². The Labute approximate surface area is 353 Å². The van der Waals surface area contributed by atoms with Crippen molar-refractivity contribution < 1.29 is 0 Å². The Bertz CT molecular complexity index is 3080. The Hall–Kier alpha value is -7.22. The maximum Gasteiger partial charge on any atom is 0.0540 e. The van der Waals surface area contributed by atoms with E-state index >= 15 is 0 Å². The van der Waals surface area contributed by atoms with Gasteiger partial charge in [-0.05, 0) is 133 Å². The van der Waals surface area contributed by atoms with E-state index in [1.165, 1.54) is 89.0 Å². The summed E-state index contributed by atoms with van der Waals surface area (Å²) in [6, 6.07) is 78.9. The fourth-order valence-corrected chi connectivity index (χ4v) is 10.0. The lowest BCUT2D eigenvalue weighted by Gasteiger charge is -2.31. The molecule has 286 valence electrons. The van der Waals surface area contributed by atoms with Gasteiger partial charge in [0.15, 0.2) is 0 Å². The first-order chi connectivity index (χ1) is 29.5. The van der Waals surface area contributed by atoms with Gasteiger partial charge in [-0.3, -0.25) is 0 Å². The third kappa shape index (κ3) is 6.09. The Morgan fingerprint density at radius 1 is 0.317 bits per heavy atom. The van der Waals surface area contributed by atoms with Crippen molar-refractivity contribution in [3.05, 3.63) is 246 Å². The molecule has 0 atom stereocenters. The smallest absolute Gasteiger partial charge is 0.0540 e. The topological polar surface area (TPSA) is 3.24 Å². The SMILES string of the molecule is CC1(C)c2ccccc2-c2ccc(N(c3ccc4c(c3)Cc3ccccc3-c3ccccc3Cc3ccccc3-4)c3ccccc3-c3cccc(-c4ccccc4)c3)cc21. The van der Waals surface area contributed by atoms with Crippen LogP contribution in [-0.2, 0) is 18.3 Å². The first kappa shape index (κ1) is 35.9. The molecule has 0 N–H and O–H groups in total. The Morgan fingerprint density at radius 2 is 0.783 bits per heavy atom. The predicted octanol–water partition coefficient (Wildman–Crippen LogP) is 15.6. The average molecular weight is 768 g/mol. The maximum atomic E-state index is 2.51. The Balaban J connectivity index is 1.14. The van der Waals surface area contributed by atoms with E-state index in [0.717, 1.165) is 29.9 Å². The van der Waals surface area contributed by atoms with Gasteiger partial charge in [-0.15, -0.1) is 0 Å². The van der Waals surface area contributed by atoms with Crippen LogP contribution in [0.15, 0.2) is 212 Å². The summed E-state index contributed by atoms with van der Waals surface area (Å²) in [6.45, 7) is 4.75. The third-order valence-corrected chi connectivity index (χ3v) is 13.0. The molecule has 11 rings (SSSR count). The van der Waals surface area contributed by atoms with Crippen LogP contribution >= 0.6 is 0 Å². The van der Waals surface area contributed by atoms with Crippen LogP contribution in [0.3, 0.4) is 0 Å². The van der Waals surface area contributed by atoms with E-state index in [4.69, 9.17) is 0 Å². The van der Waals surface area contributed by atoms with Gasteiger partial charge in [0.1, 0.15) is 0 Å². The summed E-state index contributed by atoms with van der Waals surface area (Å²) in [7, 11) is 0. The molecule has 0 unspecified atom stereocenters. The molecule has 0 saturated carbocycles. The first-order valence-corrected chi connectivity index (χ1v) is 21.2. The van der Waals surface area contributed by atoms with Gasteiger partial charge in [-0.25, -0.2) is 0 Å².